The number of ether oxygens (including phenoxy) is 1. The summed E-state index contributed by atoms with van der Waals surface area (Å²) in [6, 6.07) is 5.59. The Labute approximate surface area is 110 Å². The van der Waals surface area contributed by atoms with E-state index in [1.165, 1.54) is 25.7 Å². The predicted octanol–water partition coefficient (Wildman–Crippen LogP) is 4.17. The summed E-state index contributed by atoms with van der Waals surface area (Å²) >= 11 is 0. The van der Waals surface area contributed by atoms with Crippen molar-refractivity contribution in [2.45, 2.75) is 39.5 Å². The number of rotatable bonds is 3. The lowest BCUT2D eigenvalue weighted by molar-refractivity contribution is 0.167. The van der Waals surface area contributed by atoms with Crippen LogP contribution in [0.25, 0.3) is 0 Å². The third-order valence-corrected chi connectivity index (χ3v) is 4.19. The number of phenolic OH excluding ortho intramolecular Hbond substituents is 1. The topological polar surface area (TPSA) is 29.5 Å². The maximum Gasteiger partial charge on any atom is 0.160 e. The highest BCUT2D eigenvalue weighted by molar-refractivity contribution is 5.44. The van der Waals surface area contributed by atoms with Gasteiger partial charge in [0.2, 0.25) is 0 Å². The fourth-order valence-corrected chi connectivity index (χ4v) is 2.86. The lowest BCUT2D eigenvalue weighted by Gasteiger charge is -2.38. The summed E-state index contributed by atoms with van der Waals surface area (Å²) in [4.78, 5) is 0. The Morgan fingerprint density at radius 1 is 1.33 bits per heavy atom. The van der Waals surface area contributed by atoms with Crippen LogP contribution in [0.1, 0.15) is 45.1 Å². The number of methoxy groups -OCH3 is 1. The molecule has 0 heterocycles. The van der Waals surface area contributed by atoms with E-state index in [0.29, 0.717) is 17.1 Å². The first-order chi connectivity index (χ1) is 8.53. The van der Waals surface area contributed by atoms with Crippen molar-refractivity contribution in [1.29, 1.82) is 0 Å². The molecule has 99 valence electrons. The van der Waals surface area contributed by atoms with Crippen molar-refractivity contribution in [3.05, 3.63) is 30.2 Å². The second-order valence-corrected chi connectivity index (χ2v) is 5.94. The van der Waals surface area contributed by atoms with E-state index in [0.717, 1.165) is 5.56 Å². The standard InChI is InChI=1S/C16H23O2/c1-16(2)9-5-4-6-13(16)10-12-7-8-14(17)15(11-12)18-3/h7-8,10-11,13,17H,4-6,9H2,1-3H3/t13-/m0/s1. The molecule has 1 N–H and O–H groups in total. The molecular weight excluding hydrogens is 224 g/mol. The summed E-state index contributed by atoms with van der Waals surface area (Å²) in [7, 11) is 1.59. The van der Waals surface area contributed by atoms with Gasteiger partial charge >= 0.3 is 0 Å². The van der Waals surface area contributed by atoms with Crippen molar-refractivity contribution >= 4 is 0 Å². The third-order valence-electron chi connectivity index (χ3n) is 4.19. The van der Waals surface area contributed by atoms with E-state index in [9.17, 15) is 5.11 Å². The van der Waals surface area contributed by atoms with Crippen LogP contribution in [0.4, 0.5) is 0 Å². The molecule has 1 atom stereocenters. The van der Waals surface area contributed by atoms with Gasteiger partial charge in [-0.05, 0) is 48.3 Å². The predicted molar refractivity (Wildman–Crippen MR) is 73.8 cm³/mol. The molecule has 1 radical (unpaired) electrons. The number of aromatic hydroxyl groups is 1. The Morgan fingerprint density at radius 3 is 2.78 bits per heavy atom. The van der Waals surface area contributed by atoms with E-state index in [-0.39, 0.29) is 5.75 Å². The van der Waals surface area contributed by atoms with Gasteiger partial charge in [-0.3, -0.25) is 0 Å². The summed E-state index contributed by atoms with van der Waals surface area (Å²) in [5.74, 6) is 1.37. The maximum absolute atomic E-state index is 9.60. The van der Waals surface area contributed by atoms with Crippen LogP contribution in [0.2, 0.25) is 0 Å². The highest BCUT2D eigenvalue weighted by Crippen LogP contribution is 2.43. The van der Waals surface area contributed by atoms with Crippen molar-refractivity contribution in [2.24, 2.45) is 11.3 Å². The maximum atomic E-state index is 9.60. The SMILES string of the molecule is COc1cc([CH][C@@H]2CCCCC2(C)C)ccc1O. The number of hydrogen-bond donors (Lipinski definition) is 1. The first-order valence-electron chi connectivity index (χ1n) is 6.75. The zero-order valence-corrected chi connectivity index (χ0v) is 11.6. The normalized spacial score (nSPS) is 22.7. The Bertz CT molecular complexity index is 410. The molecule has 0 saturated heterocycles. The van der Waals surface area contributed by atoms with E-state index in [1.807, 2.05) is 12.1 Å². The van der Waals surface area contributed by atoms with E-state index < -0.39 is 0 Å². The minimum atomic E-state index is 0.206. The van der Waals surface area contributed by atoms with Crippen molar-refractivity contribution in [2.75, 3.05) is 7.11 Å². The van der Waals surface area contributed by atoms with Crippen LogP contribution < -0.4 is 4.74 Å². The molecule has 18 heavy (non-hydrogen) atoms. The molecule has 1 aliphatic carbocycles. The molecule has 1 aromatic carbocycles. The minimum Gasteiger partial charge on any atom is -0.504 e. The van der Waals surface area contributed by atoms with E-state index >= 15 is 0 Å². The van der Waals surface area contributed by atoms with Crippen molar-refractivity contribution in [3.63, 3.8) is 0 Å². The molecule has 2 heteroatoms. The van der Waals surface area contributed by atoms with Crippen molar-refractivity contribution < 1.29 is 9.84 Å². The van der Waals surface area contributed by atoms with Gasteiger partial charge in [0.15, 0.2) is 11.5 Å². The zero-order chi connectivity index (χ0) is 13.2. The van der Waals surface area contributed by atoms with Gasteiger partial charge in [0, 0.05) is 0 Å². The Hall–Kier alpha value is -1.18. The molecule has 0 aromatic heterocycles. The second kappa shape index (κ2) is 5.21. The van der Waals surface area contributed by atoms with Gasteiger partial charge in [0.25, 0.3) is 0 Å². The Kier molecular flexibility index (Phi) is 3.84. The first kappa shape index (κ1) is 13.3. The van der Waals surface area contributed by atoms with Crippen LogP contribution in [0.15, 0.2) is 18.2 Å². The second-order valence-electron chi connectivity index (χ2n) is 5.94. The molecule has 1 aromatic rings. The van der Waals surface area contributed by atoms with Crippen LogP contribution in [-0.4, -0.2) is 12.2 Å². The summed E-state index contributed by atoms with van der Waals surface area (Å²) < 4.78 is 5.16. The number of benzene rings is 1. The average molecular weight is 247 g/mol. The van der Waals surface area contributed by atoms with E-state index in [4.69, 9.17) is 4.74 Å². The highest BCUT2D eigenvalue weighted by Gasteiger charge is 2.32. The molecule has 2 rings (SSSR count). The van der Waals surface area contributed by atoms with Crippen LogP contribution in [0.5, 0.6) is 11.5 Å². The lowest BCUT2D eigenvalue weighted by atomic mass is 9.67. The Morgan fingerprint density at radius 2 is 2.11 bits per heavy atom. The molecule has 2 nitrogen and oxygen atoms in total. The summed E-state index contributed by atoms with van der Waals surface area (Å²) in [6.07, 6.45) is 7.55. The quantitative estimate of drug-likeness (QED) is 0.868. The van der Waals surface area contributed by atoms with Gasteiger partial charge in [0.1, 0.15) is 0 Å². The fourth-order valence-electron chi connectivity index (χ4n) is 2.86. The summed E-state index contributed by atoms with van der Waals surface area (Å²) in [5, 5.41) is 9.60. The van der Waals surface area contributed by atoms with Crippen LogP contribution >= 0.6 is 0 Å². The number of phenols is 1. The summed E-state index contributed by atoms with van der Waals surface area (Å²) in [6.45, 7) is 4.70. The average Bonchev–Trinajstić information content (AvgIpc) is 2.34. The third kappa shape index (κ3) is 2.80. The molecular formula is C16H23O2. The van der Waals surface area contributed by atoms with Gasteiger partial charge < -0.3 is 9.84 Å². The van der Waals surface area contributed by atoms with Gasteiger partial charge in [-0.1, -0.05) is 32.8 Å². The first-order valence-corrected chi connectivity index (χ1v) is 6.75. The van der Waals surface area contributed by atoms with Gasteiger partial charge in [-0.2, -0.15) is 0 Å². The van der Waals surface area contributed by atoms with Crippen LogP contribution in [0, 0.1) is 17.8 Å². The fraction of sp³-hybridized carbons (Fsp3) is 0.562. The molecule has 0 bridgehead atoms. The molecule has 0 amide bonds. The molecule has 0 aliphatic heterocycles. The minimum absolute atomic E-state index is 0.206. The van der Waals surface area contributed by atoms with Crippen LogP contribution in [-0.2, 0) is 0 Å². The van der Waals surface area contributed by atoms with Crippen LogP contribution in [0.3, 0.4) is 0 Å². The van der Waals surface area contributed by atoms with Gasteiger partial charge in [-0.25, -0.2) is 0 Å². The smallest absolute Gasteiger partial charge is 0.160 e. The molecule has 1 fully saturated rings. The van der Waals surface area contributed by atoms with Gasteiger partial charge in [0.05, 0.1) is 7.11 Å². The summed E-state index contributed by atoms with van der Waals surface area (Å²) in [5.41, 5.74) is 1.52. The molecule has 1 aliphatic rings. The molecule has 1 saturated carbocycles. The lowest BCUT2D eigenvalue weighted by Crippen LogP contribution is -2.28. The van der Waals surface area contributed by atoms with Crippen molar-refractivity contribution in [1.82, 2.24) is 0 Å². The van der Waals surface area contributed by atoms with E-state index in [2.05, 4.69) is 20.3 Å². The van der Waals surface area contributed by atoms with Crippen molar-refractivity contribution in [3.8, 4) is 11.5 Å². The zero-order valence-electron chi connectivity index (χ0n) is 11.6. The highest BCUT2D eigenvalue weighted by atomic mass is 16.5. The monoisotopic (exact) mass is 247 g/mol. The van der Waals surface area contributed by atoms with E-state index in [1.54, 1.807) is 13.2 Å². The number of hydrogen-bond acceptors (Lipinski definition) is 2. The molecule has 0 unspecified atom stereocenters. The van der Waals surface area contributed by atoms with Gasteiger partial charge in [-0.15, -0.1) is 0 Å². The Balaban J connectivity index is 2.13. The largest absolute Gasteiger partial charge is 0.504 e. The molecule has 0 spiro atoms.